The summed E-state index contributed by atoms with van der Waals surface area (Å²) in [6.45, 7) is 9.65. The first kappa shape index (κ1) is 68.2. The lowest BCUT2D eigenvalue weighted by Crippen LogP contribution is -2.71. The number of anilines is 1. The molecular weight excluding hydrogens is 1070 g/mol. The molecule has 0 bridgehead atoms. The highest BCUT2D eigenvalue weighted by molar-refractivity contribution is 5.93. The lowest BCUT2D eigenvalue weighted by molar-refractivity contribution is -0.242. The summed E-state index contributed by atoms with van der Waals surface area (Å²) in [5, 5.41) is 53.1. The molecule has 12 atom stereocenters. The zero-order valence-electron chi connectivity index (χ0n) is 49.5. The van der Waals surface area contributed by atoms with Crippen molar-refractivity contribution in [3.05, 3.63) is 77.4 Å². The summed E-state index contributed by atoms with van der Waals surface area (Å²) in [6, 6.07) is 12.7. The number of benzene rings is 2. The Morgan fingerprint density at radius 3 is 2.06 bits per heavy atom. The number of Topliss-reactive ketones (excluding diaryl/α,β-unsaturated/α-hetero) is 1. The van der Waals surface area contributed by atoms with E-state index in [1.165, 1.54) is 75.5 Å². The number of hydrogen-bond acceptors (Lipinski definition) is 14. The number of methoxy groups -OCH3 is 1. The zero-order valence-corrected chi connectivity index (χ0v) is 49.5. The maximum Gasteiger partial charge on any atom is 0.328 e. The van der Waals surface area contributed by atoms with Crippen molar-refractivity contribution >= 4 is 41.6 Å². The molecule has 17 nitrogen and oxygen atoms in total. The number of hydrogen-bond donors (Lipinski definition) is 7. The van der Waals surface area contributed by atoms with Gasteiger partial charge in [-0.25, -0.2) is 18.4 Å². The van der Waals surface area contributed by atoms with Gasteiger partial charge in [0.05, 0.1) is 31.1 Å². The van der Waals surface area contributed by atoms with Gasteiger partial charge in [0.15, 0.2) is 24.3 Å². The van der Waals surface area contributed by atoms with E-state index >= 15 is 8.78 Å². The lowest BCUT2D eigenvalue weighted by atomic mass is 9.43. The highest BCUT2D eigenvalue weighted by Crippen LogP contribution is 2.72. The van der Waals surface area contributed by atoms with Crippen molar-refractivity contribution in [2.45, 2.75) is 224 Å². The molecule has 1 saturated heterocycles. The topological polar surface area (TPSA) is 265 Å². The minimum Gasteiger partial charge on any atom is -0.506 e. The molecule has 83 heavy (non-hydrogen) atoms. The Hall–Kier alpha value is -5.60. The molecule has 0 aromatic heterocycles. The minimum absolute atomic E-state index is 0.0381. The number of halogens is 2. The number of allylic oxidation sites excluding steroid dienone is 1. The quantitative estimate of drug-likeness (QED) is 0.0126. The second-order valence-corrected chi connectivity index (χ2v) is 23.7. The average molecular weight is 1170 g/mol. The van der Waals surface area contributed by atoms with Gasteiger partial charge in [-0.05, 0) is 105 Å². The molecule has 3 saturated carbocycles. The van der Waals surface area contributed by atoms with Gasteiger partial charge in [-0.1, -0.05) is 129 Å². The van der Waals surface area contributed by atoms with Crippen molar-refractivity contribution in [2.75, 3.05) is 25.6 Å². The monoisotopic (exact) mass is 1170 g/mol. The number of alkyl halides is 2. The number of aliphatic hydroxyl groups excluding tert-OH is 2. The number of ether oxygens (including phenoxy) is 4. The van der Waals surface area contributed by atoms with E-state index in [-0.39, 0.29) is 67.4 Å². The van der Waals surface area contributed by atoms with Gasteiger partial charge in [-0.2, -0.15) is 0 Å². The third kappa shape index (κ3) is 17.1. The smallest absolute Gasteiger partial charge is 0.328 e. The Morgan fingerprint density at radius 2 is 1.48 bits per heavy atom. The Morgan fingerprint density at radius 1 is 0.867 bits per heavy atom. The Bertz CT molecular complexity index is 2510. The van der Waals surface area contributed by atoms with Crippen molar-refractivity contribution in [3.63, 3.8) is 0 Å². The largest absolute Gasteiger partial charge is 0.506 e. The van der Waals surface area contributed by atoms with Gasteiger partial charge in [0.2, 0.25) is 12.2 Å². The summed E-state index contributed by atoms with van der Waals surface area (Å²) >= 11 is 0. The van der Waals surface area contributed by atoms with Gasteiger partial charge in [-0.3, -0.25) is 19.2 Å². The van der Waals surface area contributed by atoms with E-state index < -0.39 is 95.0 Å². The van der Waals surface area contributed by atoms with Crippen LogP contribution in [0.1, 0.15) is 187 Å². The summed E-state index contributed by atoms with van der Waals surface area (Å²) in [5.41, 5.74) is -3.94. The van der Waals surface area contributed by atoms with Gasteiger partial charge in [0, 0.05) is 54.3 Å². The number of phenols is 1. The summed E-state index contributed by atoms with van der Waals surface area (Å²) < 4.78 is 57.2. The number of unbranched alkanes of at least 4 members (excludes halogenated alkanes) is 12. The molecule has 19 heteroatoms. The number of amides is 1. The highest BCUT2D eigenvalue weighted by atomic mass is 19.1. The number of aliphatic hydroxyl groups is 2. The van der Waals surface area contributed by atoms with Crippen LogP contribution in [-0.2, 0) is 49.4 Å². The van der Waals surface area contributed by atoms with Gasteiger partial charge in [-0.15, -0.1) is 0 Å². The number of ketones is 2. The lowest BCUT2D eigenvalue weighted by Gasteiger charge is -2.64. The van der Waals surface area contributed by atoms with Gasteiger partial charge in [0.25, 0.3) is 0 Å². The Labute approximate surface area is 488 Å². The van der Waals surface area contributed by atoms with Crippen LogP contribution in [-0.4, -0.2) is 124 Å². The fraction of sp³-hybridized carbons (Fsp3) is 0.656. The Kier molecular flexibility index (Phi) is 26.3. The first-order valence-electron chi connectivity index (χ1n) is 30.0. The summed E-state index contributed by atoms with van der Waals surface area (Å²) in [4.78, 5) is 69.0. The molecule has 1 heterocycles. The molecule has 0 unspecified atom stereocenters. The van der Waals surface area contributed by atoms with Crippen LogP contribution in [0.15, 0.2) is 66.3 Å². The van der Waals surface area contributed by atoms with Crippen LogP contribution in [0.3, 0.4) is 0 Å². The molecule has 4 fully saturated rings. The number of aliphatic carboxylic acids is 2. The molecule has 462 valence electrons. The number of fused-ring (bicyclic) bond motifs is 7. The molecule has 2 aromatic carbocycles. The van der Waals surface area contributed by atoms with E-state index in [0.29, 0.717) is 43.5 Å². The van der Waals surface area contributed by atoms with Crippen LogP contribution in [0.5, 0.6) is 11.5 Å². The first-order valence-corrected chi connectivity index (χ1v) is 30.0. The summed E-state index contributed by atoms with van der Waals surface area (Å²) in [6.07, 6.45) is 15.9. The molecule has 4 aliphatic carbocycles. The predicted molar refractivity (Wildman–Crippen MR) is 309 cm³/mol. The molecule has 1 amide bonds. The van der Waals surface area contributed by atoms with E-state index in [0.717, 1.165) is 37.9 Å². The predicted octanol–water partition coefficient (Wildman–Crippen LogP) is 10.9. The molecular formula is C64H92F2N2O15. The SMILES string of the molecule is CCCCCCCCCCCCCCCC(=O)OCC(=O)[C@@]12O[C@H](CCC)O[C@@H]1C[C@H]1[C@@H]3C[C@H](F)C4=CC(=O)CC[C@]4(C)[C@@]3(F)[C@@H](O)C[C@@]12C.COc1ccc(C[C@@H](C)NC[C@H](O)c2ccc(O)c(NC=O)c2)cc1.O=C(O)/C=C/C(=O)O. The number of phenolic OH excluding ortho intramolecular Hbond substituents is 1. The first-order chi connectivity index (χ1) is 39.5. The molecule has 0 radical (unpaired) electrons. The number of rotatable bonds is 30. The van der Waals surface area contributed by atoms with E-state index in [2.05, 4.69) is 17.6 Å². The number of carboxylic acids is 2. The van der Waals surface area contributed by atoms with Crippen molar-refractivity contribution in [2.24, 2.45) is 22.7 Å². The van der Waals surface area contributed by atoms with Crippen LogP contribution in [0.4, 0.5) is 14.5 Å². The molecule has 1 aliphatic heterocycles. The standard InChI is InChI=1S/C41H64F2O7.C19H24N2O4.C4H4O4/c1-5-7-8-9-10-11-12-13-14-15-16-17-18-20-36(47)48-27-34(46)41-35(49-37(50-41)19-6-2)25-29-30-24-32(42)31-23-28(44)21-22-38(31,3)40(30,43)33(45)26-39(29,41)4;1-13(9-14-3-6-16(25-2)7-4-14)20-11-19(24)15-5-8-18(23)17(10-15)21-12-22;5-3(6)1-2-4(7)8/h23,29-30,32-33,35,37,45H,5-22,24-27H2,1-4H3;3-8,10,12-13,19-20,23-24H,9,11H2,1-2H3,(H,21,22);1-2H,(H,5,6)(H,7,8)/b;;2-1+/t29-,30-,32-,33-,35+,37+,38-,39-,40-,41+;13-,19+;/m01./s1. The van der Waals surface area contributed by atoms with Crippen LogP contribution >= 0.6 is 0 Å². The molecule has 5 aliphatic rings. The number of aromatic hydroxyl groups is 1. The normalized spacial score (nSPS) is 28.3. The number of carbonyl (C=O) groups excluding carboxylic acids is 4. The van der Waals surface area contributed by atoms with Crippen molar-refractivity contribution < 1.29 is 82.0 Å². The fourth-order valence-electron chi connectivity index (χ4n) is 13.6. The van der Waals surface area contributed by atoms with Crippen molar-refractivity contribution in [1.82, 2.24) is 5.32 Å². The average Bonchev–Trinajstić information content (AvgIpc) is 1.81. The van der Waals surface area contributed by atoms with Crippen LogP contribution in [0.2, 0.25) is 0 Å². The second-order valence-electron chi connectivity index (χ2n) is 23.7. The third-order valence-corrected chi connectivity index (χ3v) is 18.0. The number of carboxylic acid groups (broad SMARTS) is 2. The van der Waals surface area contributed by atoms with Gasteiger partial charge < -0.3 is 55.1 Å². The Balaban J connectivity index is 0.000000316. The summed E-state index contributed by atoms with van der Waals surface area (Å²) in [7, 11) is 1.64. The number of esters is 1. The third-order valence-electron chi connectivity index (χ3n) is 18.0. The van der Waals surface area contributed by atoms with Gasteiger partial charge in [0.1, 0.15) is 23.3 Å². The molecule has 0 spiro atoms. The fourth-order valence-corrected chi connectivity index (χ4v) is 13.6. The second kappa shape index (κ2) is 32.1. The molecule has 2 aromatic rings. The van der Waals surface area contributed by atoms with E-state index in [4.69, 9.17) is 29.2 Å². The van der Waals surface area contributed by atoms with Gasteiger partial charge >= 0.3 is 17.9 Å². The highest BCUT2D eigenvalue weighted by Gasteiger charge is 2.80. The zero-order chi connectivity index (χ0) is 61.0. The maximum atomic E-state index is 17.7. The molecule has 7 rings (SSSR count). The van der Waals surface area contributed by atoms with Crippen LogP contribution < -0.4 is 15.4 Å². The minimum atomic E-state index is -2.18. The van der Waals surface area contributed by atoms with Crippen LogP contribution in [0, 0.1) is 22.7 Å². The van der Waals surface area contributed by atoms with Crippen molar-refractivity contribution in [1.29, 1.82) is 0 Å². The van der Waals surface area contributed by atoms with E-state index in [1.54, 1.807) is 26.2 Å². The number of carbonyl (C=O) groups is 6. The maximum absolute atomic E-state index is 17.7. The number of nitrogens with one attached hydrogen (secondary N) is 2. The summed E-state index contributed by atoms with van der Waals surface area (Å²) in [5.74, 6) is -4.25. The van der Waals surface area contributed by atoms with E-state index in [9.17, 15) is 44.1 Å². The van der Waals surface area contributed by atoms with E-state index in [1.807, 2.05) is 45.0 Å². The van der Waals surface area contributed by atoms with Crippen molar-refractivity contribution in [3.8, 4) is 11.5 Å². The van der Waals surface area contributed by atoms with Crippen LogP contribution in [0.25, 0.3) is 0 Å². The molecule has 7 N–H and O–H groups in total.